The first kappa shape index (κ1) is 19.6. The van der Waals surface area contributed by atoms with Crippen molar-refractivity contribution < 1.29 is 9.13 Å². The van der Waals surface area contributed by atoms with Crippen molar-refractivity contribution >= 4 is 28.7 Å². The van der Waals surface area contributed by atoms with Crippen molar-refractivity contribution in [2.24, 2.45) is 0 Å². The first-order chi connectivity index (χ1) is 13.0. The molecule has 1 atom stereocenters. The molecule has 2 aromatic carbocycles. The monoisotopic (exact) mass is 387 g/mol. The van der Waals surface area contributed by atoms with Crippen molar-refractivity contribution in [2.45, 2.75) is 25.5 Å². The van der Waals surface area contributed by atoms with Gasteiger partial charge < -0.3 is 19.9 Å². The van der Waals surface area contributed by atoms with E-state index in [1.54, 1.807) is 12.1 Å². The summed E-state index contributed by atoms with van der Waals surface area (Å²) in [7, 11) is 4.06. The van der Waals surface area contributed by atoms with E-state index in [0.29, 0.717) is 11.7 Å². The summed E-state index contributed by atoms with van der Waals surface area (Å²) >= 11 is 5.65. The molecule has 1 saturated heterocycles. The highest BCUT2D eigenvalue weighted by atomic mass is 32.1. The van der Waals surface area contributed by atoms with Gasteiger partial charge in [0.2, 0.25) is 0 Å². The number of nitrogens with zero attached hydrogens (tertiary/aromatic N) is 2. The Balaban J connectivity index is 1.70. The molecule has 3 rings (SSSR count). The topological polar surface area (TPSA) is 27.7 Å². The Hall–Kier alpha value is -2.18. The molecular weight excluding hydrogens is 361 g/mol. The average molecular weight is 388 g/mol. The zero-order valence-electron chi connectivity index (χ0n) is 15.8. The predicted octanol–water partition coefficient (Wildman–Crippen LogP) is 4.27. The average Bonchev–Trinajstić information content (AvgIpc) is 3.16. The molecule has 1 aliphatic rings. The van der Waals surface area contributed by atoms with Crippen LogP contribution in [0.4, 0.5) is 15.8 Å². The molecule has 27 heavy (non-hydrogen) atoms. The van der Waals surface area contributed by atoms with E-state index in [9.17, 15) is 4.39 Å². The summed E-state index contributed by atoms with van der Waals surface area (Å²) in [5.74, 6) is -0.260. The quantitative estimate of drug-likeness (QED) is 0.748. The second kappa shape index (κ2) is 9.15. The summed E-state index contributed by atoms with van der Waals surface area (Å²) in [5, 5.41) is 3.84. The molecule has 1 N–H and O–H groups in total. The van der Waals surface area contributed by atoms with Gasteiger partial charge in [-0.2, -0.15) is 0 Å². The Morgan fingerprint density at radius 2 is 1.85 bits per heavy atom. The van der Waals surface area contributed by atoms with Gasteiger partial charge in [0, 0.05) is 45.2 Å². The number of hydrogen-bond donors (Lipinski definition) is 1. The van der Waals surface area contributed by atoms with Gasteiger partial charge in [-0.25, -0.2) is 4.39 Å². The van der Waals surface area contributed by atoms with Crippen LogP contribution in [0.25, 0.3) is 0 Å². The SMILES string of the molecule is CN(C)c1ccc(CN(C[C@H]2CCCO2)C(=S)Nc2ccc(F)cc2)cc1. The van der Waals surface area contributed by atoms with Crippen LogP contribution in [0, 0.1) is 5.82 Å². The third kappa shape index (κ3) is 5.65. The molecule has 4 nitrogen and oxygen atoms in total. The zero-order chi connectivity index (χ0) is 19.2. The normalized spacial score (nSPS) is 16.2. The van der Waals surface area contributed by atoms with Crippen LogP contribution >= 0.6 is 12.2 Å². The summed E-state index contributed by atoms with van der Waals surface area (Å²) in [4.78, 5) is 4.20. The van der Waals surface area contributed by atoms with E-state index >= 15 is 0 Å². The van der Waals surface area contributed by atoms with E-state index in [0.717, 1.165) is 37.4 Å². The predicted molar refractivity (Wildman–Crippen MR) is 113 cm³/mol. The number of hydrogen-bond acceptors (Lipinski definition) is 3. The van der Waals surface area contributed by atoms with Crippen molar-refractivity contribution in [3.63, 3.8) is 0 Å². The molecule has 1 fully saturated rings. The fraction of sp³-hybridized carbons (Fsp3) is 0.381. The maximum Gasteiger partial charge on any atom is 0.173 e. The Kier molecular flexibility index (Phi) is 6.63. The van der Waals surface area contributed by atoms with Gasteiger partial charge in [0.25, 0.3) is 0 Å². The maximum atomic E-state index is 13.1. The largest absolute Gasteiger partial charge is 0.378 e. The molecule has 2 aromatic rings. The van der Waals surface area contributed by atoms with Crippen LogP contribution in [0.2, 0.25) is 0 Å². The molecule has 144 valence electrons. The van der Waals surface area contributed by atoms with Crippen molar-refractivity contribution in [1.29, 1.82) is 0 Å². The van der Waals surface area contributed by atoms with Crippen LogP contribution in [-0.4, -0.2) is 43.4 Å². The molecule has 0 aromatic heterocycles. The minimum atomic E-state index is -0.260. The molecular formula is C21H26FN3OS. The highest BCUT2D eigenvalue weighted by Gasteiger charge is 2.21. The minimum absolute atomic E-state index is 0.194. The number of halogens is 1. The highest BCUT2D eigenvalue weighted by Crippen LogP contribution is 2.19. The van der Waals surface area contributed by atoms with Crippen LogP contribution in [-0.2, 0) is 11.3 Å². The van der Waals surface area contributed by atoms with Crippen LogP contribution in [0.15, 0.2) is 48.5 Å². The summed E-state index contributed by atoms with van der Waals surface area (Å²) in [6.07, 6.45) is 2.34. The molecule has 1 aliphatic heterocycles. The molecule has 0 bridgehead atoms. The lowest BCUT2D eigenvalue weighted by atomic mass is 10.1. The van der Waals surface area contributed by atoms with Crippen molar-refractivity contribution in [2.75, 3.05) is 37.5 Å². The van der Waals surface area contributed by atoms with E-state index < -0.39 is 0 Å². The fourth-order valence-electron chi connectivity index (χ4n) is 3.11. The molecule has 0 saturated carbocycles. The van der Waals surface area contributed by atoms with Crippen LogP contribution in [0.3, 0.4) is 0 Å². The van der Waals surface area contributed by atoms with E-state index in [1.807, 2.05) is 14.1 Å². The van der Waals surface area contributed by atoms with Gasteiger partial charge in [0.05, 0.1) is 6.10 Å². The Morgan fingerprint density at radius 1 is 1.15 bits per heavy atom. The summed E-state index contributed by atoms with van der Waals surface area (Å²) in [6, 6.07) is 14.7. The Labute approximate surface area is 165 Å². The number of anilines is 2. The van der Waals surface area contributed by atoms with Gasteiger partial charge in [0.1, 0.15) is 5.82 Å². The van der Waals surface area contributed by atoms with Gasteiger partial charge in [-0.15, -0.1) is 0 Å². The lowest BCUT2D eigenvalue weighted by Crippen LogP contribution is -2.39. The number of ether oxygens (including phenoxy) is 1. The molecule has 0 amide bonds. The third-order valence-corrected chi connectivity index (χ3v) is 5.02. The number of thiocarbonyl (C=S) groups is 1. The van der Waals surface area contributed by atoms with Crippen molar-refractivity contribution in [1.82, 2.24) is 4.90 Å². The first-order valence-corrected chi connectivity index (χ1v) is 9.61. The van der Waals surface area contributed by atoms with Gasteiger partial charge in [0.15, 0.2) is 5.11 Å². The van der Waals surface area contributed by atoms with Gasteiger partial charge in [-0.1, -0.05) is 12.1 Å². The number of benzene rings is 2. The molecule has 1 heterocycles. The minimum Gasteiger partial charge on any atom is -0.378 e. The van der Waals surface area contributed by atoms with Crippen LogP contribution in [0.5, 0.6) is 0 Å². The van der Waals surface area contributed by atoms with E-state index in [1.165, 1.54) is 17.7 Å². The number of rotatable bonds is 6. The van der Waals surface area contributed by atoms with E-state index in [2.05, 4.69) is 39.4 Å². The second-order valence-electron chi connectivity index (χ2n) is 7.01. The van der Waals surface area contributed by atoms with Gasteiger partial charge in [-0.3, -0.25) is 0 Å². The molecule has 0 radical (unpaired) electrons. The number of nitrogens with one attached hydrogen (secondary N) is 1. The smallest absolute Gasteiger partial charge is 0.173 e. The summed E-state index contributed by atoms with van der Waals surface area (Å²) < 4.78 is 18.9. The molecule has 0 unspecified atom stereocenters. The summed E-state index contributed by atoms with van der Waals surface area (Å²) in [5.41, 5.74) is 3.12. The van der Waals surface area contributed by atoms with Crippen molar-refractivity contribution in [3.8, 4) is 0 Å². The fourth-order valence-corrected chi connectivity index (χ4v) is 3.37. The lowest BCUT2D eigenvalue weighted by molar-refractivity contribution is 0.0905. The Bertz CT molecular complexity index is 743. The second-order valence-corrected chi connectivity index (χ2v) is 7.40. The first-order valence-electron chi connectivity index (χ1n) is 9.20. The Morgan fingerprint density at radius 3 is 2.44 bits per heavy atom. The molecule has 0 spiro atoms. The van der Waals surface area contributed by atoms with Gasteiger partial charge >= 0.3 is 0 Å². The highest BCUT2D eigenvalue weighted by molar-refractivity contribution is 7.80. The lowest BCUT2D eigenvalue weighted by Gasteiger charge is -2.28. The van der Waals surface area contributed by atoms with E-state index in [-0.39, 0.29) is 11.9 Å². The summed E-state index contributed by atoms with van der Waals surface area (Å²) in [6.45, 7) is 2.25. The third-order valence-electron chi connectivity index (χ3n) is 4.66. The van der Waals surface area contributed by atoms with Crippen LogP contribution in [0.1, 0.15) is 18.4 Å². The standard InChI is InChI=1S/C21H26FN3OS/c1-24(2)19-11-5-16(6-12-19)14-25(15-20-4-3-13-26-20)21(27)23-18-9-7-17(22)8-10-18/h5-12,20H,3-4,13-15H2,1-2H3,(H,23,27)/t20-/m1/s1. The van der Waals surface area contributed by atoms with Crippen LogP contribution < -0.4 is 10.2 Å². The van der Waals surface area contributed by atoms with E-state index in [4.69, 9.17) is 17.0 Å². The zero-order valence-corrected chi connectivity index (χ0v) is 16.6. The molecule has 0 aliphatic carbocycles. The maximum absolute atomic E-state index is 13.1. The molecule has 6 heteroatoms. The van der Waals surface area contributed by atoms with Gasteiger partial charge in [-0.05, 0) is 67.0 Å². The van der Waals surface area contributed by atoms with Crippen molar-refractivity contribution in [3.05, 3.63) is 59.9 Å².